The van der Waals surface area contributed by atoms with Crippen molar-refractivity contribution in [1.82, 2.24) is 5.01 Å². The Labute approximate surface area is 220 Å². The monoisotopic (exact) mass is 511 g/mol. The van der Waals surface area contributed by atoms with Crippen LogP contribution in [0.25, 0.3) is 0 Å². The van der Waals surface area contributed by atoms with Crippen molar-refractivity contribution in [2.24, 2.45) is 5.10 Å². The first-order valence-corrected chi connectivity index (χ1v) is 12.4. The quantitative estimate of drug-likeness (QED) is 0.286. The number of anilines is 1. The molecule has 7 heteroatoms. The lowest BCUT2D eigenvalue weighted by Crippen LogP contribution is -2.30. The van der Waals surface area contributed by atoms with E-state index in [0.717, 1.165) is 11.3 Å². The van der Waals surface area contributed by atoms with E-state index in [9.17, 15) is 13.6 Å². The van der Waals surface area contributed by atoms with Crippen LogP contribution in [0.1, 0.15) is 42.4 Å². The molecule has 0 saturated carbocycles. The van der Waals surface area contributed by atoms with E-state index in [4.69, 9.17) is 4.74 Å². The average molecular weight is 512 g/mol. The Bertz CT molecular complexity index is 1430. The van der Waals surface area contributed by atoms with Crippen LogP contribution in [-0.2, 0) is 0 Å². The van der Waals surface area contributed by atoms with Crippen molar-refractivity contribution < 1.29 is 18.3 Å². The normalized spacial score (nSPS) is 14.9. The smallest absolute Gasteiger partial charge is 0.342 e. The highest BCUT2D eigenvalue weighted by molar-refractivity contribution is 6.07. The summed E-state index contributed by atoms with van der Waals surface area (Å²) in [7, 11) is 0. The number of urea groups is 1. The topological polar surface area (TPSA) is 53.9 Å². The number of rotatable bonds is 6. The van der Waals surface area contributed by atoms with E-state index < -0.39 is 6.03 Å². The number of ether oxygens (including phenoxy) is 1. The number of nitrogens with zero attached hydrogens (tertiary/aromatic N) is 2. The van der Waals surface area contributed by atoms with E-state index in [1.54, 1.807) is 48.5 Å². The Morgan fingerprint density at radius 3 is 1.97 bits per heavy atom. The fraction of sp³-hybridized carbons (Fsp3) is 0.161. The van der Waals surface area contributed by atoms with Gasteiger partial charge in [-0.05, 0) is 83.3 Å². The molecule has 1 atom stereocenters. The van der Waals surface area contributed by atoms with Gasteiger partial charge in [0.2, 0.25) is 0 Å². The Morgan fingerprint density at radius 1 is 0.842 bits per heavy atom. The molecule has 0 radical (unpaired) electrons. The molecule has 0 aliphatic carbocycles. The third kappa shape index (κ3) is 5.72. The Morgan fingerprint density at radius 2 is 1.39 bits per heavy atom. The van der Waals surface area contributed by atoms with Crippen LogP contribution >= 0.6 is 0 Å². The van der Waals surface area contributed by atoms with Gasteiger partial charge in [-0.2, -0.15) is 5.10 Å². The number of benzene rings is 4. The number of nitrogens with one attached hydrogen (secondary N) is 1. The summed E-state index contributed by atoms with van der Waals surface area (Å²) in [5.74, 6) is 0.836. The van der Waals surface area contributed by atoms with Crippen LogP contribution in [0.2, 0.25) is 0 Å². The number of halogens is 2. The second-order valence-electron chi connectivity index (χ2n) is 9.46. The summed E-state index contributed by atoms with van der Waals surface area (Å²) in [6, 6.07) is 26.7. The molecule has 0 fully saturated rings. The van der Waals surface area contributed by atoms with E-state index in [-0.39, 0.29) is 24.1 Å². The summed E-state index contributed by atoms with van der Waals surface area (Å²) in [6.45, 7) is 4.55. The van der Waals surface area contributed by atoms with Crippen molar-refractivity contribution in [3.63, 3.8) is 0 Å². The van der Waals surface area contributed by atoms with E-state index in [1.165, 1.54) is 34.8 Å². The molecule has 2 amide bonds. The third-order valence-corrected chi connectivity index (χ3v) is 6.45. The van der Waals surface area contributed by atoms with Crippen LogP contribution < -0.4 is 10.1 Å². The minimum absolute atomic E-state index is 0.262. The van der Waals surface area contributed by atoms with E-state index in [1.807, 2.05) is 24.3 Å². The van der Waals surface area contributed by atoms with Gasteiger partial charge in [-0.25, -0.2) is 18.6 Å². The highest BCUT2D eigenvalue weighted by Gasteiger charge is 2.32. The first-order valence-electron chi connectivity index (χ1n) is 12.4. The molecular weight excluding hydrogens is 484 g/mol. The molecule has 0 saturated heterocycles. The van der Waals surface area contributed by atoms with E-state index in [0.29, 0.717) is 28.6 Å². The predicted octanol–water partition coefficient (Wildman–Crippen LogP) is 7.92. The van der Waals surface area contributed by atoms with Gasteiger partial charge in [0.25, 0.3) is 0 Å². The molecule has 4 aromatic rings. The molecule has 4 aromatic carbocycles. The molecule has 0 bridgehead atoms. The first-order chi connectivity index (χ1) is 18.4. The maximum absolute atomic E-state index is 13.5. The van der Waals surface area contributed by atoms with Crippen molar-refractivity contribution in [2.75, 3.05) is 11.9 Å². The molecule has 192 valence electrons. The SMILES string of the molecule is CC(C)c1ccc(Oc2ccc(NC(=O)N3CC(c4ccc(F)cc4)C(c4ccc(F)cc4)=N3)cc2)cc1. The van der Waals surface area contributed by atoms with Gasteiger partial charge in [0.05, 0.1) is 12.3 Å². The second-order valence-corrected chi connectivity index (χ2v) is 9.46. The van der Waals surface area contributed by atoms with Crippen molar-refractivity contribution in [3.8, 4) is 11.5 Å². The lowest BCUT2D eigenvalue weighted by Gasteiger charge is -2.16. The van der Waals surface area contributed by atoms with Crippen LogP contribution in [0.4, 0.5) is 19.3 Å². The molecule has 1 aliphatic rings. The summed E-state index contributed by atoms with van der Waals surface area (Å²) >= 11 is 0. The second kappa shape index (κ2) is 10.8. The number of hydrogen-bond acceptors (Lipinski definition) is 3. The van der Waals surface area contributed by atoms with Gasteiger partial charge in [-0.3, -0.25) is 0 Å². The number of amides is 2. The van der Waals surface area contributed by atoms with Gasteiger partial charge in [0, 0.05) is 11.6 Å². The van der Waals surface area contributed by atoms with Gasteiger partial charge in [-0.15, -0.1) is 0 Å². The third-order valence-electron chi connectivity index (χ3n) is 6.45. The number of hydrogen-bond donors (Lipinski definition) is 1. The van der Waals surface area contributed by atoms with Crippen LogP contribution in [0.5, 0.6) is 11.5 Å². The maximum Gasteiger partial charge on any atom is 0.342 e. The van der Waals surface area contributed by atoms with Crippen molar-refractivity contribution in [2.45, 2.75) is 25.7 Å². The van der Waals surface area contributed by atoms with Crippen molar-refractivity contribution >= 4 is 17.4 Å². The zero-order valence-electron chi connectivity index (χ0n) is 21.1. The molecule has 1 unspecified atom stereocenters. The Balaban J connectivity index is 1.29. The van der Waals surface area contributed by atoms with E-state index >= 15 is 0 Å². The van der Waals surface area contributed by atoms with Crippen LogP contribution in [0, 0.1) is 11.6 Å². The molecular formula is C31H27F2N3O2. The van der Waals surface area contributed by atoms with Crippen molar-refractivity contribution in [3.05, 3.63) is 125 Å². The maximum atomic E-state index is 13.5. The zero-order chi connectivity index (χ0) is 26.6. The summed E-state index contributed by atoms with van der Waals surface area (Å²) in [6.07, 6.45) is 0. The molecule has 0 aromatic heterocycles. The van der Waals surface area contributed by atoms with Crippen LogP contribution in [0.3, 0.4) is 0 Å². The number of carbonyl (C=O) groups is 1. The minimum atomic E-state index is -0.410. The largest absolute Gasteiger partial charge is 0.457 e. The standard InChI is InChI=1S/C31H27F2N3O2/c1-20(2)21-7-15-27(16-8-21)38-28-17-13-26(14-18-28)34-31(37)36-19-29(22-3-9-24(32)10-4-22)30(35-36)23-5-11-25(33)12-6-23/h3-18,20,29H,19H2,1-2H3,(H,34,37). The van der Waals surface area contributed by atoms with Crippen molar-refractivity contribution in [1.29, 1.82) is 0 Å². The summed E-state index contributed by atoms with van der Waals surface area (Å²) in [5, 5.41) is 8.76. The van der Waals surface area contributed by atoms with Gasteiger partial charge in [-0.1, -0.05) is 50.2 Å². The van der Waals surface area contributed by atoms with Gasteiger partial charge >= 0.3 is 6.03 Å². The summed E-state index contributed by atoms with van der Waals surface area (Å²) < 4.78 is 33.0. The lowest BCUT2D eigenvalue weighted by molar-refractivity contribution is 0.218. The molecule has 38 heavy (non-hydrogen) atoms. The molecule has 0 spiro atoms. The van der Waals surface area contributed by atoms with Gasteiger partial charge in [0.1, 0.15) is 23.1 Å². The average Bonchev–Trinajstić information content (AvgIpc) is 3.37. The van der Waals surface area contributed by atoms with Gasteiger partial charge < -0.3 is 10.1 Å². The van der Waals surface area contributed by atoms with Gasteiger partial charge in [0.15, 0.2) is 0 Å². The highest BCUT2D eigenvalue weighted by atomic mass is 19.1. The fourth-order valence-electron chi connectivity index (χ4n) is 4.32. The number of carbonyl (C=O) groups excluding carboxylic acids is 1. The molecule has 1 aliphatic heterocycles. The predicted molar refractivity (Wildman–Crippen MR) is 145 cm³/mol. The first kappa shape index (κ1) is 25.1. The molecule has 1 heterocycles. The Hall–Kier alpha value is -4.52. The van der Waals surface area contributed by atoms with Crippen LogP contribution in [0.15, 0.2) is 102 Å². The molecule has 1 N–H and O–H groups in total. The zero-order valence-corrected chi connectivity index (χ0v) is 21.1. The number of hydrazone groups is 1. The van der Waals surface area contributed by atoms with E-state index in [2.05, 4.69) is 24.3 Å². The molecule has 5 nitrogen and oxygen atoms in total. The summed E-state index contributed by atoms with van der Waals surface area (Å²) in [4.78, 5) is 13.1. The minimum Gasteiger partial charge on any atom is -0.457 e. The lowest BCUT2D eigenvalue weighted by atomic mass is 9.90. The van der Waals surface area contributed by atoms with Crippen LogP contribution in [-0.4, -0.2) is 23.3 Å². The Kier molecular flexibility index (Phi) is 7.18. The molecule has 5 rings (SSSR count). The summed E-state index contributed by atoms with van der Waals surface area (Å²) in [5.41, 5.74) is 3.94. The fourth-order valence-corrected chi connectivity index (χ4v) is 4.32. The highest BCUT2D eigenvalue weighted by Crippen LogP contribution is 2.30.